The van der Waals surface area contributed by atoms with Crippen LogP contribution in [-0.2, 0) is 20.9 Å². The molecule has 0 aliphatic carbocycles. The Balaban J connectivity index is 0.000000359. The summed E-state index contributed by atoms with van der Waals surface area (Å²) in [6.45, 7) is 2.30. The van der Waals surface area contributed by atoms with Gasteiger partial charge in [-0.25, -0.2) is 13.6 Å². The van der Waals surface area contributed by atoms with Crippen LogP contribution < -0.4 is 0 Å². The highest BCUT2D eigenvalue weighted by Gasteiger charge is 2.33. The van der Waals surface area contributed by atoms with E-state index < -0.39 is 24.9 Å². The van der Waals surface area contributed by atoms with E-state index in [1.54, 1.807) is 17.0 Å². The van der Waals surface area contributed by atoms with E-state index in [0.29, 0.717) is 24.5 Å². The molecule has 1 aliphatic rings. The van der Waals surface area contributed by atoms with Gasteiger partial charge in [0.05, 0.1) is 12.6 Å². The van der Waals surface area contributed by atoms with Crippen molar-refractivity contribution in [3.8, 4) is 0 Å². The van der Waals surface area contributed by atoms with Crippen LogP contribution in [0.2, 0.25) is 5.02 Å². The van der Waals surface area contributed by atoms with Crippen molar-refractivity contribution in [2.45, 2.75) is 45.2 Å². The van der Waals surface area contributed by atoms with Gasteiger partial charge < -0.3 is 4.74 Å². The third kappa shape index (κ3) is 7.70. The van der Waals surface area contributed by atoms with Gasteiger partial charge in [-0.15, -0.1) is 0 Å². The van der Waals surface area contributed by atoms with Crippen molar-refractivity contribution in [1.29, 1.82) is 0 Å². The first kappa shape index (κ1) is 22.4. The second-order valence-corrected chi connectivity index (χ2v) is 5.98. The first-order chi connectivity index (χ1) is 12.2. The van der Waals surface area contributed by atoms with Gasteiger partial charge in [-0.2, -0.15) is 8.78 Å². The number of benzene rings is 1. The number of carbonyl (C=O) groups is 2. The fraction of sp³-hybridized carbons (Fsp3) is 0.529. The Morgan fingerprint density at radius 2 is 1.88 bits per heavy atom. The van der Waals surface area contributed by atoms with Crippen molar-refractivity contribution < 1.29 is 31.9 Å². The SMILES string of the molecule is CCOC(=O)C(F)F.O=C1CCN(Cc2ccc(Cl)cc2)C(C(F)F)C1. The molecule has 0 saturated carbocycles. The van der Waals surface area contributed by atoms with Crippen molar-refractivity contribution in [3.05, 3.63) is 34.9 Å². The molecule has 1 heterocycles. The number of ketones is 1. The average Bonchev–Trinajstić information content (AvgIpc) is 2.59. The molecule has 1 aromatic carbocycles. The first-order valence-electron chi connectivity index (χ1n) is 7.97. The molecule has 0 amide bonds. The van der Waals surface area contributed by atoms with Gasteiger partial charge in [0.2, 0.25) is 0 Å². The highest BCUT2D eigenvalue weighted by atomic mass is 35.5. The summed E-state index contributed by atoms with van der Waals surface area (Å²) in [6.07, 6.45) is -5.17. The summed E-state index contributed by atoms with van der Waals surface area (Å²) in [5.41, 5.74) is 0.930. The van der Waals surface area contributed by atoms with Crippen LogP contribution in [0.25, 0.3) is 0 Å². The Morgan fingerprint density at radius 1 is 1.27 bits per heavy atom. The van der Waals surface area contributed by atoms with Gasteiger partial charge in [-0.1, -0.05) is 23.7 Å². The van der Waals surface area contributed by atoms with Gasteiger partial charge in [0.25, 0.3) is 6.43 Å². The Bertz CT molecular complexity index is 584. The number of hydrogen-bond donors (Lipinski definition) is 0. The number of nitrogens with zero attached hydrogens (tertiary/aromatic N) is 1. The lowest BCUT2D eigenvalue weighted by atomic mass is 10.0. The van der Waals surface area contributed by atoms with E-state index >= 15 is 0 Å². The van der Waals surface area contributed by atoms with Crippen molar-refractivity contribution >= 4 is 23.4 Å². The number of Topliss-reactive ketones (excluding diaryl/α,β-unsaturated/α-hetero) is 1. The zero-order valence-electron chi connectivity index (χ0n) is 14.1. The molecule has 146 valence electrons. The molecule has 1 atom stereocenters. The van der Waals surface area contributed by atoms with Crippen LogP contribution in [0.5, 0.6) is 0 Å². The minimum atomic E-state index is -2.99. The molecule has 1 fully saturated rings. The van der Waals surface area contributed by atoms with Crippen LogP contribution in [0, 0.1) is 0 Å². The minimum absolute atomic E-state index is 0.00315. The summed E-state index contributed by atoms with van der Waals surface area (Å²) < 4.78 is 52.0. The maximum atomic E-state index is 12.9. The molecule has 26 heavy (non-hydrogen) atoms. The van der Waals surface area contributed by atoms with E-state index in [-0.39, 0.29) is 18.8 Å². The molecule has 0 bridgehead atoms. The molecule has 0 aromatic heterocycles. The fourth-order valence-corrected chi connectivity index (χ4v) is 2.50. The molecule has 9 heteroatoms. The maximum absolute atomic E-state index is 12.9. The van der Waals surface area contributed by atoms with Crippen LogP contribution in [0.4, 0.5) is 17.6 Å². The van der Waals surface area contributed by atoms with Crippen LogP contribution in [0.1, 0.15) is 25.3 Å². The van der Waals surface area contributed by atoms with Crippen LogP contribution in [-0.4, -0.2) is 48.7 Å². The summed E-state index contributed by atoms with van der Waals surface area (Å²) in [5.74, 6) is -1.53. The predicted octanol–water partition coefficient (Wildman–Crippen LogP) is 3.95. The summed E-state index contributed by atoms with van der Waals surface area (Å²) in [5, 5.41) is 0.623. The number of halogens is 5. The lowest BCUT2D eigenvalue weighted by molar-refractivity contribution is -0.155. The van der Waals surface area contributed by atoms with Crippen molar-refractivity contribution in [2.24, 2.45) is 0 Å². The number of esters is 1. The Labute approximate surface area is 154 Å². The molecule has 1 unspecified atom stereocenters. The number of piperidine rings is 1. The standard InChI is InChI=1S/C13H14ClF2NO.C4H6F2O2/c14-10-3-1-9(2-4-10)8-17-6-5-11(18)7-12(17)13(15)16;1-2-8-4(7)3(5)6/h1-4,12-13H,5-8H2;3H,2H2,1H3. The highest BCUT2D eigenvalue weighted by molar-refractivity contribution is 6.30. The molecule has 0 N–H and O–H groups in total. The molecule has 1 saturated heterocycles. The minimum Gasteiger partial charge on any atom is -0.462 e. The van der Waals surface area contributed by atoms with Crippen molar-refractivity contribution in [3.63, 3.8) is 0 Å². The van der Waals surface area contributed by atoms with E-state index in [1.165, 1.54) is 6.92 Å². The zero-order valence-corrected chi connectivity index (χ0v) is 14.9. The van der Waals surface area contributed by atoms with Gasteiger partial charge in [0.1, 0.15) is 5.78 Å². The average molecular weight is 398 g/mol. The lowest BCUT2D eigenvalue weighted by Crippen LogP contribution is -2.46. The summed E-state index contributed by atoms with van der Waals surface area (Å²) in [6, 6.07) is 6.16. The molecular weight excluding hydrogens is 378 g/mol. The van der Waals surface area contributed by atoms with Gasteiger partial charge in [0.15, 0.2) is 0 Å². The van der Waals surface area contributed by atoms with E-state index in [9.17, 15) is 27.2 Å². The fourth-order valence-electron chi connectivity index (χ4n) is 2.37. The Hall–Kier alpha value is -1.67. The Kier molecular flexibility index (Phi) is 9.58. The number of carbonyl (C=O) groups excluding carboxylic acids is 2. The first-order valence-corrected chi connectivity index (χ1v) is 8.35. The number of ether oxygens (including phenoxy) is 1. The van der Waals surface area contributed by atoms with E-state index in [2.05, 4.69) is 4.74 Å². The topological polar surface area (TPSA) is 46.6 Å². The quantitative estimate of drug-likeness (QED) is 0.557. The molecule has 2 rings (SSSR count). The number of hydrogen-bond acceptors (Lipinski definition) is 4. The predicted molar refractivity (Wildman–Crippen MR) is 88.5 cm³/mol. The van der Waals surface area contributed by atoms with Crippen molar-refractivity contribution in [2.75, 3.05) is 13.2 Å². The van der Waals surface area contributed by atoms with E-state index in [1.807, 2.05) is 12.1 Å². The van der Waals surface area contributed by atoms with Crippen molar-refractivity contribution in [1.82, 2.24) is 4.90 Å². The van der Waals surface area contributed by atoms with Crippen LogP contribution in [0.15, 0.2) is 24.3 Å². The summed E-state index contributed by atoms with van der Waals surface area (Å²) in [7, 11) is 0. The molecule has 0 radical (unpaired) electrons. The normalized spacial score (nSPS) is 17.8. The maximum Gasteiger partial charge on any atom is 0.373 e. The second-order valence-electron chi connectivity index (χ2n) is 5.54. The largest absolute Gasteiger partial charge is 0.462 e. The summed E-state index contributed by atoms with van der Waals surface area (Å²) in [4.78, 5) is 22.7. The second kappa shape index (κ2) is 11.1. The van der Waals surface area contributed by atoms with E-state index in [4.69, 9.17) is 11.6 Å². The van der Waals surface area contributed by atoms with Gasteiger partial charge in [-0.05, 0) is 24.6 Å². The molecular formula is C17H20ClF4NO3. The number of rotatable bonds is 5. The van der Waals surface area contributed by atoms with Crippen LogP contribution in [0.3, 0.4) is 0 Å². The summed E-state index contributed by atoms with van der Waals surface area (Å²) >= 11 is 5.77. The smallest absolute Gasteiger partial charge is 0.373 e. The Morgan fingerprint density at radius 3 is 2.35 bits per heavy atom. The molecule has 1 aliphatic heterocycles. The van der Waals surface area contributed by atoms with E-state index in [0.717, 1.165) is 5.56 Å². The van der Waals surface area contributed by atoms with Gasteiger partial charge in [0, 0.05) is 31.0 Å². The molecule has 4 nitrogen and oxygen atoms in total. The van der Waals surface area contributed by atoms with Crippen LogP contribution >= 0.6 is 11.6 Å². The third-order valence-corrected chi connectivity index (χ3v) is 3.89. The number of likely N-dealkylation sites (tertiary alicyclic amines) is 1. The van der Waals surface area contributed by atoms with Gasteiger partial charge in [-0.3, -0.25) is 9.69 Å². The van der Waals surface area contributed by atoms with Gasteiger partial charge >= 0.3 is 12.4 Å². The molecule has 0 spiro atoms. The third-order valence-electron chi connectivity index (χ3n) is 3.64. The monoisotopic (exact) mass is 397 g/mol. The lowest BCUT2D eigenvalue weighted by Gasteiger charge is -2.34. The highest BCUT2D eigenvalue weighted by Crippen LogP contribution is 2.23. The number of alkyl halides is 4. The zero-order chi connectivity index (χ0) is 19.7. The molecule has 1 aromatic rings.